The summed E-state index contributed by atoms with van der Waals surface area (Å²) in [6.07, 6.45) is 5.79. The molecule has 1 aliphatic rings. The van der Waals surface area contributed by atoms with Crippen molar-refractivity contribution in [3.8, 4) is 0 Å². The lowest BCUT2D eigenvalue weighted by Gasteiger charge is -2.19. The van der Waals surface area contributed by atoms with Crippen molar-refractivity contribution in [3.63, 3.8) is 0 Å². The molecule has 1 aromatic heterocycles. The van der Waals surface area contributed by atoms with Gasteiger partial charge in [0.1, 0.15) is 5.60 Å². The van der Waals surface area contributed by atoms with Crippen LogP contribution >= 0.6 is 0 Å². The van der Waals surface area contributed by atoms with Crippen molar-refractivity contribution in [3.05, 3.63) is 36.2 Å². The van der Waals surface area contributed by atoms with E-state index in [2.05, 4.69) is 9.98 Å². The minimum Gasteiger partial charge on any atom is -0.384 e. The maximum atomic E-state index is 9.62. The van der Waals surface area contributed by atoms with E-state index in [4.69, 9.17) is 0 Å². The maximum Gasteiger partial charge on any atom is 0.100 e. The molecule has 0 aliphatic carbocycles. The minimum absolute atomic E-state index is 0.586. The van der Waals surface area contributed by atoms with Gasteiger partial charge in [0.15, 0.2) is 0 Å². The first-order valence-electron chi connectivity index (χ1n) is 4.57. The molecule has 1 unspecified atom stereocenters. The molecule has 0 radical (unpaired) electrons. The topological polar surface area (TPSA) is 45.5 Å². The lowest BCUT2D eigenvalue weighted by molar-refractivity contribution is 0.140. The van der Waals surface area contributed by atoms with Crippen LogP contribution in [0.4, 0.5) is 0 Å². The van der Waals surface area contributed by atoms with Crippen molar-refractivity contribution in [2.75, 3.05) is 0 Å². The second-order valence-electron chi connectivity index (χ2n) is 3.62. The molecule has 0 saturated carbocycles. The molecular weight excluding hydrogens is 176 g/mol. The van der Waals surface area contributed by atoms with Crippen molar-refractivity contribution < 1.29 is 5.11 Å². The highest BCUT2D eigenvalue weighted by Crippen LogP contribution is 2.21. The predicted octanol–water partition coefficient (Wildman–Crippen LogP) is 1.65. The molecule has 1 N–H and O–H groups in total. The van der Waals surface area contributed by atoms with Gasteiger partial charge in [0.05, 0.1) is 11.4 Å². The van der Waals surface area contributed by atoms with Crippen LogP contribution in [0, 0.1) is 0 Å². The van der Waals surface area contributed by atoms with E-state index in [9.17, 15) is 5.11 Å². The molecule has 0 bridgehead atoms. The summed E-state index contributed by atoms with van der Waals surface area (Å²) in [6.45, 7) is 1.74. The molecule has 1 aliphatic heterocycles. The average Bonchev–Trinajstić information content (AvgIpc) is 2.19. The fourth-order valence-electron chi connectivity index (χ4n) is 1.30. The highest BCUT2D eigenvalue weighted by Gasteiger charge is 2.20. The molecule has 0 saturated heterocycles. The van der Waals surface area contributed by atoms with Gasteiger partial charge in [-0.3, -0.25) is 9.98 Å². The van der Waals surface area contributed by atoms with Crippen molar-refractivity contribution in [1.29, 1.82) is 0 Å². The molecule has 0 amide bonds. The van der Waals surface area contributed by atoms with E-state index in [-0.39, 0.29) is 0 Å². The Hall–Kier alpha value is -1.48. The Kier molecular flexibility index (Phi) is 2.17. The molecule has 72 valence electrons. The van der Waals surface area contributed by atoms with Crippen LogP contribution in [-0.4, -0.2) is 21.9 Å². The third kappa shape index (κ3) is 1.88. The quantitative estimate of drug-likeness (QED) is 0.728. The van der Waals surface area contributed by atoms with Gasteiger partial charge in [0, 0.05) is 18.8 Å². The fraction of sp³-hybridized carbons (Fsp3) is 0.273. The summed E-state index contributed by atoms with van der Waals surface area (Å²) in [5.41, 5.74) is 0.870. The van der Waals surface area contributed by atoms with Gasteiger partial charge in [-0.15, -0.1) is 0 Å². The molecule has 3 heteroatoms. The zero-order valence-electron chi connectivity index (χ0n) is 8.01. The highest BCUT2D eigenvalue weighted by atomic mass is 16.3. The molecule has 0 spiro atoms. The van der Waals surface area contributed by atoms with Gasteiger partial charge in [0.25, 0.3) is 0 Å². The lowest BCUT2D eigenvalue weighted by atomic mass is 10.0. The number of nitrogens with zero attached hydrogens (tertiary/aromatic N) is 2. The Morgan fingerprint density at radius 3 is 2.86 bits per heavy atom. The predicted molar refractivity (Wildman–Crippen MR) is 55.9 cm³/mol. The summed E-state index contributed by atoms with van der Waals surface area (Å²) in [7, 11) is 0. The zero-order chi connectivity index (χ0) is 10.0. The standard InChI is InChI=1S/C11H12N2O/c1-11(14)6-5-10(13-8-11)9-4-2-3-7-12-9/h2-5,7-8,14H,6H2,1H3. The first-order valence-corrected chi connectivity index (χ1v) is 4.57. The SMILES string of the molecule is CC1(O)C=NC(c2ccccn2)=CC1. The fourth-order valence-corrected chi connectivity index (χ4v) is 1.30. The highest BCUT2D eigenvalue weighted by molar-refractivity contribution is 5.80. The summed E-state index contributed by atoms with van der Waals surface area (Å²) in [4.78, 5) is 8.36. The molecule has 0 aromatic carbocycles. The van der Waals surface area contributed by atoms with E-state index in [0.29, 0.717) is 6.42 Å². The number of rotatable bonds is 1. The van der Waals surface area contributed by atoms with Crippen LogP contribution in [-0.2, 0) is 0 Å². The van der Waals surface area contributed by atoms with Crippen LogP contribution < -0.4 is 0 Å². The Morgan fingerprint density at radius 2 is 2.29 bits per heavy atom. The molecule has 2 heterocycles. The Labute approximate surface area is 82.8 Å². The smallest absolute Gasteiger partial charge is 0.100 e. The van der Waals surface area contributed by atoms with Gasteiger partial charge >= 0.3 is 0 Å². The van der Waals surface area contributed by atoms with Crippen molar-refractivity contribution in [2.24, 2.45) is 4.99 Å². The van der Waals surface area contributed by atoms with E-state index >= 15 is 0 Å². The number of aromatic nitrogens is 1. The second-order valence-corrected chi connectivity index (χ2v) is 3.62. The minimum atomic E-state index is -0.807. The number of hydrogen-bond donors (Lipinski definition) is 1. The van der Waals surface area contributed by atoms with E-state index in [1.807, 2.05) is 24.3 Å². The maximum absolute atomic E-state index is 9.62. The number of aliphatic imine (C=N–C) groups is 1. The summed E-state index contributed by atoms with van der Waals surface area (Å²) in [6, 6.07) is 5.70. The van der Waals surface area contributed by atoms with Gasteiger partial charge in [-0.25, -0.2) is 0 Å². The van der Waals surface area contributed by atoms with Crippen LogP contribution in [0.5, 0.6) is 0 Å². The van der Waals surface area contributed by atoms with Gasteiger partial charge in [-0.2, -0.15) is 0 Å². The Balaban J connectivity index is 2.25. The van der Waals surface area contributed by atoms with Crippen LogP contribution in [0.25, 0.3) is 5.70 Å². The number of hydrogen-bond acceptors (Lipinski definition) is 3. The van der Waals surface area contributed by atoms with Crippen molar-refractivity contribution in [1.82, 2.24) is 4.98 Å². The van der Waals surface area contributed by atoms with Gasteiger partial charge < -0.3 is 5.11 Å². The molecule has 14 heavy (non-hydrogen) atoms. The van der Waals surface area contributed by atoms with Crippen molar-refractivity contribution in [2.45, 2.75) is 18.9 Å². The first-order chi connectivity index (χ1) is 6.67. The van der Waals surface area contributed by atoms with Gasteiger partial charge in [0.2, 0.25) is 0 Å². The van der Waals surface area contributed by atoms with Gasteiger partial charge in [-0.05, 0) is 19.1 Å². The summed E-state index contributed by atoms with van der Waals surface area (Å²) < 4.78 is 0. The second kappa shape index (κ2) is 3.35. The van der Waals surface area contributed by atoms with Gasteiger partial charge in [-0.1, -0.05) is 12.1 Å². The normalized spacial score (nSPS) is 26.0. The zero-order valence-corrected chi connectivity index (χ0v) is 8.01. The number of aliphatic hydroxyl groups is 1. The summed E-state index contributed by atoms with van der Waals surface area (Å²) >= 11 is 0. The molecular formula is C11H12N2O. The van der Waals surface area contributed by atoms with Crippen LogP contribution in [0.1, 0.15) is 19.0 Å². The summed E-state index contributed by atoms with van der Waals surface area (Å²) in [5, 5.41) is 9.62. The monoisotopic (exact) mass is 188 g/mol. The Bertz CT molecular complexity index is 380. The van der Waals surface area contributed by atoms with Crippen LogP contribution in [0.3, 0.4) is 0 Å². The Morgan fingerprint density at radius 1 is 1.43 bits per heavy atom. The van der Waals surface area contributed by atoms with Crippen LogP contribution in [0.2, 0.25) is 0 Å². The van der Waals surface area contributed by atoms with Crippen LogP contribution in [0.15, 0.2) is 35.5 Å². The van der Waals surface area contributed by atoms with E-state index in [1.54, 1.807) is 19.3 Å². The number of pyridine rings is 1. The van der Waals surface area contributed by atoms with Crippen molar-refractivity contribution >= 4 is 11.9 Å². The largest absolute Gasteiger partial charge is 0.384 e. The molecule has 0 fully saturated rings. The molecule has 1 atom stereocenters. The molecule has 3 nitrogen and oxygen atoms in total. The van der Waals surface area contributed by atoms with E-state index in [1.165, 1.54) is 0 Å². The summed E-state index contributed by atoms with van der Waals surface area (Å²) in [5.74, 6) is 0. The third-order valence-corrected chi connectivity index (χ3v) is 2.12. The first kappa shape index (κ1) is 9.09. The molecule has 1 aromatic rings. The lowest BCUT2D eigenvalue weighted by Crippen LogP contribution is -2.26. The van der Waals surface area contributed by atoms with E-state index in [0.717, 1.165) is 11.4 Å². The average molecular weight is 188 g/mol. The molecule has 2 rings (SSSR count). The third-order valence-electron chi connectivity index (χ3n) is 2.12. The van der Waals surface area contributed by atoms with E-state index < -0.39 is 5.60 Å².